The number of aromatic nitrogens is 1. The number of carbonyl (C=O) groups excluding carboxylic acids is 1. The Bertz CT molecular complexity index is 717. The molecule has 1 amide bonds. The van der Waals surface area contributed by atoms with Crippen molar-refractivity contribution in [2.24, 2.45) is 11.7 Å². The van der Waals surface area contributed by atoms with Gasteiger partial charge in [-0.1, -0.05) is 13.8 Å². The van der Waals surface area contributed by atoms with E-state index in [1.165, 1.54) is 0 Å². The maximum atomic E-state index is 11.7. The van der Waals surface area contributed by atoms with Crippen molar-refractivity contribution >= 4 is 5.91 Å². The van der Waals surface area contributed by atoms with E-state index in [9.17, 15) is 4.79 Å². The monoisotopic (exact) mass is 316 g/mol. The Kier molecular flexibility index (Phi) is 4.98. The van der Waals surface area contributed by atoms with Crippen molar-refractivity contribution in [3.05, 3.63) is 35.5 Å². The zero-order valence-corrected chi connectivity index (χ0v) is 14.3. The highest BCUT2D eigenvalue weighted by Gasteiger charge is 2.20. The molecule has 0 saturated carbocycles. The molecular formula is C18H24N2O3. The van der Waals surface area contributed by atoms with Gasteiger partial charge in [-0.05, 0) is 37.1 Å². The molecule has 2 rings (SSSR count). The van der Waals surface area contributed by atoms with Crippen LogP contribution in [0.4, 0.5) is 0 Å². The number of methoxy groups -OCH3 is 2. The second kappa shape index (κ2) is 6.77. The first kappa shape index (κ1) is 16.9. The molecular weight excluding hydrogens is 292 g/mol. The lowest BCUT2D eigenvalue weighted by Gasteiger charge is -2.16. The van der Waals surface area contributed by atoms with Gasteiger partial charge < -0.3 is 19.8 Å². The van der Waals surface area contributed by atoms with Crippen LogP contribution in [0.25, 0.3) is 11.3 Å². The molecule has 0 aliphatic carbocycles. The summed E-state index contributed by atoms with van der Waals surface area (Å²) in [5, 5.41) is 0. The van der Waals surface area contributed by atoms with Crippen molar-refractivity contribution in [2.45, 2.75) is 27.3 Å². The van der Waals surface area contributed by atoms with Crippen molar-refractivity contribution in [3.8, 4) is 22.8 Å². The van der Waals surface area contributed by atoms with Gasteiger partial charge in [-0.25, -0.2) is 0 Å². The van der Waals surface area contributed by atoms with Crippen LogP contribution in [0.2, 0.25) is 0 Å². The number of rotatable bonds is 6. The lowest BCUT2D eigenvalue weighted by molar-refractivity contribution is 0.0999. The fourth-order valence-corrected chi connectivity index (χ4v) is 2.73. The van der Waals surface area contributed by atoms with Crippen molar-refractivity contribution < 1.29 is 14.3 Å². The van der Waals surface area contributed by atoms with Crippen LogP contribution in [-0.4, -0.2) is 24.7 Å². The number of amides is 1. The number of nitrogens with zero attached hydrogens (tertiary/aromatic N) is 1. The van der Waals surface area contributed by atoms with Crippen molar-refractivity contribution in [1.82, 2.24) is 4.57 Å². The molecule has 1 aromatic carbocycles. The Morgan fingerprint density at radius 3 is 2.43 bits per heavy atom. The molecule has 1 aromatic heterocycles. The summed E-state index contributed by atoms with van der Waals surface area (Å²) in [4.78, 5) is 11.7. The first-order valence-electron chi connectivity index (χ1n) is 7.61. The van der Waals surface area contributed by atoms with Gasteiger partial charge in [-0.15, -0.1) is 0 Å². The van der Waals surface area contributed by atoms with Crippen LogP contribution in [0.3, 0.4) is 0 Å². The third-order valence-corrected chi connectivity index (χ3v) is 3.86. The maximum Gasteiger partial charge on any atom is 0.250 e. The molecule has 0 saturated heterocycles. The van der Waals surface area contributed by atoms with Crippen LogP contribution < -0.4 is 15.2 Å². The number of nitrogens with two attached hydrogens (primary N) is 1. The molecule has 0 atom stereocenters. The first-order valence-corrected chi connectivity index (χ1v) is 7.61. The Morgan fingerprint density at radius 2 is 1.91 bits per heavy atom. The fourth-order valence-electron chi connectivity index (χ4n) is 2.73. The van der Waals surface area contributed by atoms with Crippen LogP contribution in [0.15, 0.2) is 24.3 Å². The van der Waals surface area contributed by atoms with E-state index >= 15 is 0 Å². The van der Waals surface area contributed by atoms with Gasteiger partial charge in [-0.3, -0.25) is 4.79 Å². The van der Waals surface area contributed by atoms with Crippen LogP contribution >= 0.6 is 0 Å². The third-order valence-electron chi connectivity index (χ3n) is 3.86. The average molecular weight is 316 g/mol. The lowest BCUT2D eigenvalue weighted by atomic mass is 10.1. The molecule has 0 unspecified atom stereocenters. The van der Waals surface area contributed by atoms with Gasteiger partial charge in [0.15, 0.2) is 0 Å². The summed E-state index contributed by atoms with van der Waals surface area (Å²) >= 11 is 0. The molecule has 0 radical (unpaired) electrons. The number of hydrogen-bond donors (Lipinski definition) is 1. The number of ether oxygens (including phenoxy) is 2. The summed E-state index contributed by atoms with van der Waals surface area (Å²) in [6, 6.07) is 7.45. The molecule has 5 heteroatoms. The van der Waals surface area contributed by atoms with Gasteiger partial charge in [-0.2, -0.15) is 0 Å². The zero-order valence-electron chi connectivity index (χ0n) is 14.3. The highest BCUT2D eigenvalue weighted by Crippen LogP contribution is 2.36. The van der Waals surface area contributed by atoms with E-state index in [0.29, 0.717) is 11.5 Å². The number of benzene rings is 1. The minimum absolute atomic E-state index is 0.423. The molecule has 0 bridgehead atoms. The molecule has 5 nitrogen and oxygen atoms in total. The fraction of sp³-hybridized carbons (Fsp3) is 0.389. The molecule has 0 spiro atoms. The SMILES string of the molecule is COc1ccc(OC)c(-c2cc(C(N)=O)c(C)n2CC(C)C)c1. The lowest BCUT2D eigenvalue weighted by Crippen LogP contribution is -2.13. The van der Waals surface area contributed by atoms with E-state index < -0.39 is 5.91 Å². The summed E-state index contributed by atoms with van der Waals surface area (Å²) < 4.78 is 12.9. The molecule has 1 heterocycles. The summed E-state index contributed by atoms with van der Waals surface area (Å²) in [6.45, 7) is 6.97. The summed E-state index contributed by atoms with van der Waals surface area (Å²) in [5.74, 6) is 1.46. The van der Waals surface area contributed by atoms with E-state index in [2.05, 4.69) is 18.4 Å². The highest BCUT2D eigenvalue weighted by molar-refractivity contribution is 5.96. The second-order valence-electron chi connectivity index (χ2n) is 5.96. The van der Waals surface area contributed by atoms with E-state index in [-0.39, 0.29) is 0 Å². The smallest absolute Gasteiger partial charge is 0.250 e. The van der Waals surface area contributed by atoms with E-state index in [4.69, 9.17) is 15.2 Å². The van der Waals surface area contributed by atoms with E-state index in [0.717, 1.165) is 35.0 Å². The van der Waals surface area contributed by atoms with Gasteiger partial charge in [0.25, 0.3) is 5.91 Å². The molecule has 124 valence electrons. The molecule has 0 aliphatic rings. The van der Waals surface area contributed by atoms with Crippen molar-refractivity contribution in [1.29, 1.82) is 0 Å². The van der Waals surface area contributed by atoms with Crippen LogP contribution in [0, 0.1) is 12.8 Å². The molecule has 2 N–H and O–H groups in total. The van der Waals surface area contributed by atoms with Crippen LogP contribution in [-0.2, 0) is 6.54 Å². The molecule has 0 fully saturated rings. The average Bonchev–Trinajstić information content (AvgIpc) is 2.83. The summed E-state index contributed by atoms with van der Waals surface area (Å²) in [7, 11) is 3.25. The Labute approximate surface area is 137 Å². The van der Waals surface area contributed by atoms with Crippen molar-refractivity contribution in [2.75, 3.05) is 14.2 Å². The maximum absolute atomic E-state index is 11.7. The minimum atomic E-state index is -0.423. The quantitative estimate of drug-likeness (QED) is 0.889. The standard InChI is InChI=1S/C18H24N2O3/c1-11(2)10-20-12(3)14(18(19)21)9-16(20)15-8-13(22-4)6-7-17(15)23-5/h6-9,11H,10H2,1-5H3,(H2,19,21). The third kappa shape index (κ3) is 3.33. The van der Waals surface area contributed by atoms with Gasteiger partial charge in [0, 0.05) is 17.8 Å². The van der Waals surface area contributed by atoms with Gasteiger partial charge in [0.05, 0.1) is 25.5 Å². The Hall–Kier alpha value is -2.43. The number of carbonyl (C=O) groups is 1. The predicted molar refractivity (Wildman–Crippen MR) is 91.1 cm³/mol. The largest absolute Gasteiger partial charge is 0.497 e. The summed E-state index contributed by atoms with van der Waals surface area (Å²) in [6.07, 6.45) is 0. The van der Waals surface area contributed by atoms with E-state index in [1.807, 2.05) is 31.2 Å². The predicted octanol–water partition coefficient (Wildman–Crippen LogP) is 3.24. The Morgan fingerprint density at radius 1 is 1.22 bits per heavy atom. The number of primary amides is 1. The second-order valence-corrected chi connectivity index (χ2v) is 5.96. The van der Waals surface area contributed by atoms with E-state index in [1.54, 1.807) is 14.2 Å². The van der Waals surface area contributed by atoms with Crippen LogP contribution in [0.5, 0.6) is 11.5 Å². The highest BCUT2D eigenvalue weighted by atomic mass is 16.5. The minimum Gasteiger partial charge on any atom is -0.497 e. The normalized spacial score (nSPS) is 10.9. The summed E-state index contributed by atoms with van der Waals surface area (Å²) in [5.41, 5.74) is 8.71. The van der Waals surface area contributed by atoms with Gasteiger partial charge in [0.1, 0.15) is 11.5 Å². The van der Waals surface area contributed by atoms with Gasteiger partial charge >= 0.3 is 0 Å². The molecule has 2 aromatic rings. The zero-order chi connectivity index (χ0) is 17.1. The number of hydrogen-bond acceptors (Lipinski definition) is 3. The first-order chi connectivity index (χ1) is 10.9. The molecule has 0 aliphatic heterocycles. The Balaban J connectivity index is 2.71. The molecule has 23 heavy (non-hydrogen) atoms. The van der Waals surface area contributed by atoms with Gasteiger partial charge in [0.2, 0.25) is 0 Å². The topological polar surface area (TPSA) is 66.5 Å². The van der Waals surface area contributed by atoms with Crippen molar-refractivity contribution in [3.63, 3.8) is 0 Å². The van der Waals surface area contributed by atoms with Crippen LogP contribution in [0.1, 0.15) is 29.9 Å².